The van der Waals surface area contributed by atoms with Crippen LogP contribution in [-0.4, -0.2) is 67.0 Å². The lowest BCUT2D eigenvalue weighted by Gasteiger charge is -2.39. The summed E-state index contributed by atoms with van der Waals surface area (Å²) in [5, 5.41) is 8.83. The number of aryl methyl sites for hydroxylation is 2. The molecule has 0 aliphatic carbocycles. The number of rotatable bonds is 4. The average Bonchev–Trinajstić information content (AvgIpc) is 3.60. The van der Waals surface area contributed by atoms with Crippen LogP contribution < -0.4 is 4.74 Å². The first-order valence-electron chi connectivity index (χ1n) is 14.7. The number of carbonyl (C=O) groups excluding carboxylic acids is 2. The number of ether oxygens (including phenoxy) is 3. The topological polar surface area (TPSA) is 101 Å². The monoisotopic (exact) mass is 587 g/mol. The third-order valence-corrected chi connectivity index (χ3v) is 7.36. The second-order valence-electron chi connectivity index (χ2n) is 13.2. The van der Waals surface area contributed by atoms with Crippen LogP contribution in [0.3, 0.4) is 0 Å². The number of aromatic nitrogens is 4. The van der Waals surface area contributed by atoms with E-state index in [0.717, 1.165) is 39.0 Å². The van der Waals surface area contributed by atoms with Crippen molar-refractivity contribution in [3.63, 3.8) is 0 Å². The van der Waals surface area contributed by atoms with Gasteiger partial charge in [0.1, 0.15) is 23.1 Å². The summed E-state index contributed by atoms with van der Waals surface area (Å²) < 4.78 is 21.5. The van der Waals surface area contributed by atoms with E-state index in [4.69, 9.17) is 14.2 Å². The summed E-state index contributed by atoms with van der Waals surface area (Å²) in [5.74, 6) is 0.595. The molecule has 2 aromatic carbocycles. The third-order valence-electron chi connectivity index (χ3n) is 7.36. The SMILES string of the molecule is Cc1cc(C)c2c(ccn2C(=O)OC(C)(C)C)c1O[C@@H]1CCN(C(=O)OC(C)(C)C)C[C@H]1c1ccc(-n2ccnn2)cc1. The van der Waals surface area contributed by atoms with E-state index in [0.29, 0.717) is 19.5 Å². The number of piperidine rings is 1. The molecule has 1 amide bonds. The summed E-state index contributed by atoms with van der Waals surface area (Å²) in [5.41, 5.74) is 3.40. The zero-order valence-corrected chi connectivity index (χ0v) is 26.2. The molecule has 228 valence electrons. The molecule has 1 aliphatic heterocycles. The highest BCUT2D eigenvalue weighted by atomic mass is 16.6. The Morgan fingerprint density at radius 2 is 1.56 bits per heavy atom. The largest absolute Gasteiger partial charge is 0.489 e. The molecule has 43 heavy (non-hydrogen) atoms. The van der Waals surface area contributed by atoms with E-state index in [2.05, 4.69) is 10.3 Å². The highest BCUT2D eigenvalue weighted by Crippen LogP contribution is 2.38. The minimum Gasteiger partial charge on any atom is -0.489 e. The summed E-state index contributed by atoms with van der Waals surface area (Å²) in [7, 11) is 0. The van der Waals surface area contributed by atoms with Crippen LogP contribution in [0.25, 0.3) is 16.6 Å². The van der Waals surface area contributed by atoms with Crippen molar-refractivity contribution in [3.8, 4) is 11.4 Å². The molecule has 0 radical (unpaired) electrons. The smallest absolute Gasteiger partial charge is 0.419 e. The fraction of sp³-hybridized carbons (Fsp3) is 0.455. The van der Waals surface area contributed by atoms with Gasteiger partial charge in [0.2, 0.25) is 0 Å². The Bertz CT molecular complexity index is 1610. The Kier molecular flexibility index (Phi) is 7.98. The van der Waals surface area contributed by atoms with Crippen LogP contribution in [0.4, 0.5) is 9.59 Å². The first kappa shape index (κ1) is 30.1. The number of hydrogen-bond acceptors (Lipinski definition) is 7. The van der Waals surface area contributed by atoms with Gasteiger partial charge < -0.3 is 19.1 Å². The van der Waals surface area contributed by atoms with Crippen molar-refractivity contribution < 1.29 is 23.8 Å². The number of hydrogen-bond donors (Lipinski definition) is 0. The average molecular weight is 588 g/mol. The number of carbonyl (C=O) groups is 2. The second kappa shape index (κ2) is 11.4. The molecule has 0 spiro atoms. The molecule has 0 bridgehead atoms. The molecule has 0 saturated carbocycles. The van der Waals surface area contributed by atoms with Crippen LogP contribution in [0.2, 0.25) is 0 Å². The lowest BCUT2D eigenvalue weighted by molar-refractivity contribution is 0.00777. The summed E-state index contributed by atoms with van der Waals surface area (Å²) in [4.78, 5) is 27.9. The summed E-state index contributed by atoms with van der Waals surface area (Å²) >= 11 is 0. The normalized spacial score (nSPS) is 17.6. The Labute approximate surface area is 252 Å². The number of benzene rings is 2. The quantitative estimate of drug-likeness (QED) is 0.259. The van der Waals surface area contributed by atoms with E-state index in [1.54, 1.807) is 32.7 Å². The molecule has 1 aliphatic rings. The maximum atomic E-state index is 13.1. The predicted octanol–water partition coefficient (Wildman–Crippen LogP) is 6.79. The van der Waals surface area contributed by atoms with Crippen molar-refractivity contribution in [2.75, 3.05) is 13.1 Å². The van der Waals surface area contributed by atoms with Crippen molar-refractivity contribution >= 4 is 23.1 Å². The van der Waals surface area contributed by atoms with Crippen LogP contribution in [0.15, 0.2) is 55.0 Å². The zero-order chi connectivity index (χ0) is 31.1. The fourth-order valence-electron chi connectivity index (χ4n) is 5.56. The standard InChI is InChI=1S/C33H41N5O5/c1-21-19-22(2)29(25-13-17-37(28(21)25)31(40)43-33(6,7)8)41-27-14-16-36(30(39)42-32(3,4)5)20-26(27)23-9-11-24(12-10-23)38-18-15-34-35-38/h9-13,15,17-19,26-27H,14,16,20H2,1-8H3/t26-,27+/m0/s1. The van der Waals surface area contributed by atoms with Crippen LogP contribution in [0, 0.1) is 13.8 Å². The lowest BCUT2D eigenvalue weighted by atomic mass is 9.87. The molecule has 2 atom stereocenters. The van der Waals surface area contributed by atoms with E-state index in [1.807, 2.05) is 91.8 Å². The van der Waals surface area contributed by atoms with Crippen molar-refractivity contribution in [2.24, 2.45) is 0 Å². The fourth-order valence-corrected chi connectivity index (χ4v) is 5.56. The van der Waals surface area contributed by atoms with Gasteiger partial charge in [-0.25, -0.2) is 14.3 Å². The molecular formula is C33H41N5O5. The van der Waals surface area contributed by atoms with E-state index < -0.39 is 17.3 Å². The van der Waals surface area contributed by atoms with E-state index >= 15 is 0 Å². The van der Waals surface area contributed by atoms with E-state index in [-0.39, 0.29) is 18.1 Å². The minimum absolute atomic E-state index is 0.130. The molecule has 4 aromatic rings. The van der Waals surface area contributed by atoms with Crippen LogP contribution >= 0.6 is 0 Å². The van der Waals surface area contributed by atoms with Gasteiger partial charge in [0.05, 0.1) is 23.6 Å². The molecular weight excluding hydrogens is 546 g/mol. The molecule has 3 heterocycles. The molecule has 1 saturated heterocycles. The van der Waals surface area contributed by atoms with E-state index in [1.165, 1.54) is 0 Å². The maximum Gasteiger partial charge on any atom is 0.419 e. The number of amides is 1. The summed E-state index contributed by atoms with van der Waals surface area (Å²) in [6.45, 7) is 16.1. The van der Waals surface area contributed by atoms with E-state index in [9.17, 15) is 9.59 Å². The highest BCUT2D eigenvalue weighted by molar-refractivity contribution is 5.96. The summed E-state index contributed by atoms with van der Waals surface area (Å²) in [6, 6.07) is 12.0. The van der Waals surface area contributed by atoms with Crippen molar-refractivity contribution in [1.29, 1.82) is 0 Å². The van der Waals surface area contributed by atoms with Crippen molar-refractivity contribution in [3.05, 3.63) is 71.7 Å². The molecule has 5 rings (SSSR count). The van der Waals surface area contributed by atoms with Gasteiger partial charge in [-0.15, -0.1) is 5.10 Å². The molecule has 10 heteroatoms. The van der Waals surface area contributed by atoms with Gasteiger partial charge in [-0.2, -0.15) is 0 Å². The number of fused-ring (bicyclic) bond motifs is 1. The van der Waals surface area contributed by atoms with Gasteiger partial charge >= 0.3 is 12.2 Å². The van der Waals surface area contributed by atoms with Gasteiger partial charge in [-0.3, -0.25) is 4.57 Å². The van der Waals surface area contributed by atoms with Crippen LogP contribution in [0.1, 0.15) is 70.6 Å². The second-order valence-corrected chi connectivity index (χ2v) is 13.2. The first-order chi connectivity index (χ1) is 20.2. The Morgan fingerprint density at radius 1 is 0.884 bits per heavy atom. The van der Waals surface area contributed by atoms with Crippen molar-refractivity contribution in [1.82, 2.24) is 24.5 Å². The minimum atomic E-state index is -0.621. The molecule has 0 unspecified atom stereocenters. The Balaban J connectivity index is 1.49. The number of nitrogens with zero attached hydrogens (tertiary/aromatic N) is 5. The lowest BCUT2D eigenvalue weighted by Crippen LogP contribution is -2.48. The van der Waals surface area contributed by atoms with Crippen molar-refractivity contribution in [2.45, 2.75) is 85.0 Å². The third kappa shape index (κ3) is 6.68. The summed E-state index contributed by atoms with van der Waals surface area (Å²) in [6.07, 6.45) is 4.78. The predicted molar refractivity (Wildman–Crippen MR) is 164 cm³/mol. The molecule has 1 fully saturated rings. The Morgan fingerprint density at radius 3 is 2.19 bits per heavy atom. The molecule has 10 nitrogen and oxygen atoms in total. The van der Waals surface area contributed by atoms with Gasteiger partial charge in [0.15, 0.2) is 0 Å². The van der Waals surface area contributed by atoms with Gasteiger partial charge in [-0.05, 0) is 90.3 Å². The zero-order valence-electron chi connectivity index (χ0n) is 26.2. The molecule has 2 aromatic heterocycles. The van der Waals surface area contributed by atoms with Gasteiger partial charge in [-0.1, -0.05) is 23.4 Å². The van der Waals surface area contributed by atoms with Crippen LogP contribution in [-0.2, 0) is 9.47 Å². The number of likely N-dealkylation sites (tertiary alicyclic amines) is 1. The van der Waals surface area contributed by atoms with Gasteiger partial charge in [0.25, 0.3) is 0 Å². The Hall–Kier alpha value is -4.34. The first-order valence-corrected chi connectivity index (χ1v) is 14.7. The maximum absolute atomic E-state index is 13.1. The van der Waals surface area contributed by atoms with Gasteiger partial charge in [0, 0.05) is 37.0 Å². The van der Waals surface area contributed by atoms with Crippen LogP contribution in [0.5, 0.6) is 5.75 Å². The highest BCUT2D eigenvalue weighted by Gasteiger charge is 2.36. The molecule has 0 N–H and O–H groups in total.